The summed E-state index contributed by atoms with van der Waals surface area (Å²) in [6.07, 6.45) is 0.0353. The summed E-state index contributed by atoms with van der Waals surface area (Å²) < 4.78 is 5.15. The molecule has 0 aliphatic carbocycles. The fourth-order valence-corrected chi connectivity index (χ4v) is 2.73. The van der Waals surface area contributed by atoms with Crippen molar-refractivity contribution in [3.8, 4) is 5.75 Å². The lowest BCUT2D eigenvalue weighted by molar-refractivity contribution is 0.172. The summed E-state index contributed by atoms with van der Waals surface area (Å²) in [4.78, 5) is 12.2. The summed E-state index contributed by atoms with van der Waals surface area (Å²) in [6, 6.07) is 14.8. The Morgan fingerprint density at radius 3 is 2.44 bits per heavy atom. The first-order valence-electron chi connectivity index (χ1n) is 8.47. The first-order valence-corrected chi connectivity index (χ1v) is 8.47. The first kappa shape index (κ1) is 18.8. The molecule has 0 spiro atoms. The van der Waals surface area contributed by atoms with E-state index in [1.165, 1.54) is 0 Å². The Morgan fingerprint density at radius 1 is 1.16 bits per heavy atom. The van der Waals surface area contributed by atoms with Crippen LogP contribution < -0.4 is 15.4 Å². The maximum atomic E-state index is 12.2. The molecule has 0 radical (unpaired) electrons. The Hall–Kier alpha value is -2.53. The molecule has 3 N–H and O–H groups in total. The smallest absolute Gasteiger partial charge is 0.315 e. The van der Waals surface area contributed by atoms with Crippen molar-refractivity contribution in [2.45, 2.75) is 32.4 Å². The van der Waals surface area contributed by atoms with Crippen LogP contribution >= 0.6 is 0 Å². The van der Waals surface area contributed by atoms with Crippen LogP contribution in [0.25, 0.3) is 0 Å². The van der Waals surface area contributed by atoms with E-state index in [0.717, 1.165) is 28.9 Å². The van der Waals surface area contributed by atoms with Gasteiger partial charge in [0.25, 0.3) is 0 Å². The lowest BCUT2D eigenvalue weighted by atomic mass is 10.0. The number of rotatable bonds is 7. The van der Waals surface area contributed by atoms with Gasteiger partial charge in [0, 0.05) is 6.54 Å². The molecule has 5 nitrogen and oxygen atoms in total. The van der Waals surface area contributed by atoms with Gasteiger partial charge in [-0.3, -0.25) is 0 Å². The standard InChI is InChI=1S/C20H26N2O3/c1-4-18(15-9-11-16(25-3)12-10-15)22-20(24)21-13-19(23)17-8-6-5-7-14(17)2/h5-12,18-19,23H,4,13H2,1-3H3,(H2,21,22,24). The molecule has 134 valence electrons. The van der Waals surface area contributed by atoms with Crippen molar-refractivity contribution in [2.75, 3.05) is 13.7 Å². The maximum absolute atomic E-state index is 12.2. The van der Waals surface area contributed by atoms with Gasteiger partial charge in [0.15, 0.2) is 0 Å². The molecular formula is C20H26N2O3. The summed E-state index contributed by atoms with van der Waals surface area (Å²) in [5.74, 6) is 0.782. The van der Waals surface area contributed by atoms with Crippen LogP contribution in [0.5, 0.6) is 5.75 Å². The zero-order chi connectivity index (χ0) is 18.2. The Bertz CT molecular complexity index is 686. The minimum atomic E-state index is -0.729. The van der Waals surface area contributed by atoms with Crippen molar-refractivity contribution in [2.24, 2.45) is 0 Å². The number of urea groups is 1. The molecule has 2 amide bonds. The van der Waals surface area contributed by atoms with Gasteiger partial charge in [-0.25, -0.2) is 4.79 Å². The van der Waals surface area contributed by atoms with E-state index in [0.29, 0.717) is 0 Å². The van der Waals surface area contributed by atoms with Crippen LogP contribution in [0.3, 0.4) is 0 Å². The number of aryl methyl sites for hydroxylation is 1. The second-order valence-electron chi connectivity index (χ2n) is 5.96. The van der Waals surface area contributed by atoms with E-state index < -0.39 is 6.10 Å². The SMILES string of the molecule is CCC(NC(=O)NCC(O)c1ccccc1C)c1ccc(OC)cc1. The molecule has 2 unspecified atom stereocenters. The molecule has 2 rings (SSSR count). The summed E-state index contributed by atoms with van der Waals surface area (Å²) in [5.41, 5.74) is 2.84. The molecule has 0 bridgehead atoms. The molecule has 5 heteroatoms. The van der Waals surface area contributed by atoms with E-state index >= 15 is 0 Å². The third-order valence-corrected chi connectivity index (χ3v) is 4.24. The van der Waals surface area contributed by atoms with Gasteiger partial charge in [0.05, 0.1) is 19.3 Å². The van der Waals surface area contributed by atoms with E-state index in [4.69, 9.17) is 4.74 Å². The number of hydrogen-bond acceptors (Lipinski definition) is 3. The molecule has 2 aromatic carbocycles. The van der Waals surface area contributed by atoms with E-state index in [-0.39, 0.29) is 18.6 Å². The molecular weight excluding hydrogens is 316 g/mol. The van der Waals surface area contributed by atoms with Crippen LogP contribution in [0.2, 0.25) is 0 Å². The number of benzene rings is 2. The third kappa shape index (κ3) is 5.22. The van der Waals surface area contributed by atoms with Crippen molar-refractivity contribution in [1.29, 1.82) is 0 Å². The molecule has 0 aliphatic rings. The molecule has 0 saturated heterocycles. The predicted molar refractivity (Wildman–Crippen MR) is 98.7 cm³/mol. The summed E-state index contributed by atoms with van der Waals surface area (Å²) in [6.45, 7) is 4.11. The molecule has 0 saturated carbocycles. The number of amides is 2. The summed E-state index contributed by atoms with van der Waals surface area (Å²) in [5, 5.41) is 15.9. The number of hydrogen-bond donors (Lipinski definition) is 3. The van der Waals surface area contributed by atoms with Crippen LogP contribution in [0.4, 0.5) is 4.79 Å². The second kappa shape index (κ2) is 9.08. The van der Waals surface area contributed by atoms with Crippen molar-refractivity contribution in [1.82, 2.24) is 10.6 Å². The monoisotopic (exact) mass is 342 g/mol. The van der Waals surface area contributed by atoms with Gasteiger partial charge in [-0.1, -0.05) is 43.3 Å². The number of ether oxygens (including phenoxy) is 1. The fourth-order valence-electron chi connectivity index (χ4n) is 2.73. The van der Waals surface area contributed by atoms with E-state index in [9.17, 15) is 9.90 Å². The zero-order valence-electron chi connectivity index (χ0n) is 15.0. The summed E-state index contributed by atoms with van der Waals surface area (Å²) in [7, 11) is 1.62. The average molecular weight is 342 g/mol. The minimum Gasteiger partial charge on any atom is -0.497 e. The molecule has 2 atom stereocenters. The molecule has 0 heterocycles. The minimum absolute atomic E-state index is 0.0958. The molecule has 25 heavy (non-hydrogen) atoms. The number of carbonyl (C=O) groups is 1. The van der Waals surface area contributed by atoms with Crippen molar-refractivity contribution in [3.63, 3.8) is 0 Å². The highest BCUT2D eigenvalue weighted by Gasteiger charge is 2.15. The lowest BCUT2D eigenvalue weighted by Crippen LogP contribution is -2.39. The van der Waals surface area contributed by atoms with Gasteiger partial charge in [-0.2, -0.15) is 0 Å². The van der Waals surface area contributed by atoms with Crippen molar-refractivity contribution < 1.29 is 14.6 Å². The van der Waals surface area contributed by atoms with E-state index in [2.05, 4.69) is 10.6 Å². The van der Waals surface area contributed by atoms with Crippen molar-refractivity contribution >= 4 is 6.03 Å². The third-order valence-electron chi connectivity index (χ3n) is 4.24. The van der Waals surface area contributed by atoms with Gasteiger partial charge in [-0.05, 0) is 42.2 Å². The number of aliphatic hydroxyl groups excluding tert-OH is 1. The van der Waals surface area contributed by atoms with Gasteiger partial charge < -0.3 is 20.5 Å². The highest BCUT2D eigenvalue weighted by molar-refractivity contribution is 5.74. The highest BCUT2D eigenvalue weighted by Crippen LogP contribution is 2.20. The number of methoxy groups -OCH3 is 1. The number of nitrogens with one attached hydrogen (secondary N) is 2. The summed E-state index contributed by atoms with van der Waals surface area (Å²) >= 11 is 0. The van der Waals surface area contributed by atoms with Gasteiger partial charge in [0.2, 0.25) is 0 Å². The van der Waals surface area contributed by atoms with Gasteiger partial charge >= 0.3 is 6.03 Å². The topological polar surface area (TPSA) is 70.6 Å². The fraction of sp³-hybridized carbons (Fsp3) is 0.350. The Labute approximate surface area is 149 Å². The van der Waals surface area contributed by atoms with Gasteiger partial charge in [-0.15, -0.1) is 0 Å². The maximum Gasteiger partial charge on any atom is 0.315 e. The Morgan fingerprint density at radius 2 is 1.84 bits per heavy atom. The van der Waals surface area contributed by atoms with E-state index in [1.54, 1.807) is 7.11 Å². The van der Waals surface area contributed by atoms with Crippen LogP contribution in [-0.4, -0.2) is 24.8 Å². The molecule has 0 fully saturated rings. The molecule has 0 aromatic heterocycles. The predicted octanol–water partition coefficient (Wildman–Crippen LogP) is 3.49. The second-order valence-corrected chi connectivity index (χ2v) is 5.96. The Balaban J connectivity index is 1.90. The quantitative estimate of drug-likeness (QED) is 0.721. The molecule has 2 aromatic rings. The van der Waals surface area contributed by atoms with Gasteiger partial charge in [0.1, 0.15) is 5.75 Å². The zero-order valence-corrected chi connectivity index (χ0v) is 15.0. The van der Waals surface area contributed by atoms with Crippen molar-refractivity contribution in [3.05, 3.63) is 65.2 Å². The average Bonchev–Trinajstić information content (AvgIpc) is 2.64. The van der Waals surface area contributed by atoms with Crippen LogP contribution in [0.1, 0.15) is 42.2 Å². The largest absolute Gasteiger partial charge is 0.497 e. The van der Waals surface area contributed by atoms with Crippen LogP contribution in [-0.2, 0) is 0 Å². The van der Waals surface area contributed by atoms with E-state index in [1.807, 2.05) is 62.4 Å². The van der Waals surface area contributed by atoms with Crippen LogP contribution in [0.15, 0.2) is 48.5 Å². The normalized spacial score (nSPS) is 13.0. The first-order chi connectivity index (χ1) is 12.0. The Kier molecular flexibility index (Phi) is 6.83. The molecule has 0 aliphatic heterocycles. The lowest BCUT2D eigenvalue weighted by Gasteiger charge is -2.20. The number of carbonyl (C=O) groups excluding carboxylic acids is 1. The highest BCUT2D eigenvalue weighted by atomic mass is 16.5. The van der Waals surface area contributed by atoms with Crippen LogP contribution in [0, 0.1) is 6.92 Å². The number of aliphatic hydroxyl groups is 1.